The van der Waals surface area contributed by atoms with Crippen molar-refractivity contribution in [3.8, 4) is 0 Å². The molecule has 38 heavy (non-hydrogen) atoms. The van der Waals surface area contributed by atoms with Gasteiger partial charge in [-0.25, -0.2) is 8.42 Å². The zero-order chi connectivity index (χ0) is 26.7. The van der Waals surface area contributed by atoms with E-state index in [4.69, 9.17) is 11.6 Å². The van der Waals surface area contributed by atoms with Crippen molar-refractivity contribution in [1.82, 2.24) is 10.3 Å². The average Bonchev–Trinajstić information content (AvgIpc) is 3.21. The van der Waals surface area contributed by atoms with Crippen LogP contribution in [0.2, 0.25) is 5.02 Å². The molecule has 1 fully saturated rings. The summed E-state index contributed by atoms with van der Waals surface area (Å²) in [6.45, 7) is 3.36. The fraction of sp³-hybridized carbons (Fsp3) is 0.269. The molecule has 1 aliphatic heterocycles. The van der Waals surface area contributed by atoms with Crippen LogP contribution in [-0.4, -0.2) is 49.5 Å². The van der Waals surface area contributed by atoms with E-state index >= 15 is 0 Å². The van der Waals surface area contributed by atoms with Crippen LogP contribution in [0.5, 0.6) is 0 Å². The van der Waals surface area contributed by atoms with Crippen LogP contribution in [0.25, 0.3) is 0 Å². The predicted octanol–water partition coefficient (Wildman–Crippen LogP) is 3.38. The smallest absolute Gasteiger partial charge is 0.264 e. The number of sulfonamides is 1. The van der Waals surface area contributed by atoms with Gasteiger partial charge in [0.05, 0.1) is 53.8 Å². The van der Waals surface area contributed by atoms with Crippen molar-refractivity contribution < 1.29 is 23.1 Å². The highest BCUT2D eigenvalue weighted by atomic mass is 35.5. The summed E-state index contributed by atoms with van der Waals surface area (Å²) in [5, 5.41) is 12.8. The first kappa shape index (κ1) is 29.4. The molecule has 0 spiro atoms. The number of anilines is 2. The number of carbonyl (C=O) groups excluding carboxylic acids is 2. The number of carbonyl (C=O) groups is 2. The molecule has 0 aliphatic carbocycles. The number of nitrogens with one attached hydrogen (secondary N) is 1. The van der Waals surface area contributed by atoms with Crippen LogP contribution in [0.4, 0.5) is 11.4 Å². The fourth-order valence-electron chi connectivity index (χ4n) is 4.00. The van der Waals surface area contributed by atoms with Gasteiger partial charge in [-0.15, -0.1) is 12.4 Å². The van der Waals surface area contributed by atoms with E-state index in [9.17, 15) is 23.1 Å². The number of hydrogen-bond donors (Lipinski definition) is 2. The normalized spacial score (nSPS) is 15.2. The largest absolute Gasteiger partial charge is 0.391 e. The van der Waals surface area contributed by atoms with Crippen molar-refractivity contribution in [3.05, 3.63) is 82.6 Å². The van der Waals surface area contributed by atoms with E-state index in [2.05, 4.69) is 10.3 Å². The van der Waals surface area contributed by atoms with Crippen LogP contribution < -0.4 is 14.5 Å². The number of hydrogen-bond acceptors (Lipinski definition) is 6. The number of aliphatic hydroxyl groups is 1. The highest BCUT2D eigenvalue weighted by Gasteiger charge is 2.30. The minimum absolute atomic E-state index is 0. The Bertz CT molecular complexity index is 1420. The van der Waals surface area contributed by atoms with E-state index in [0.29, 0.717) is 27.7 Å². The van der Waals surface area contributed by atoms with Crippen LogP contribution >= 0.6 is 24.0 Å². The monoisotopic (exact) mass is 578 g/mol. The maximum atomic E-state index is 13.6. The second-order valence-corrected chi connectivity index (χ2v) is 11.1. The third-order valence-corrected chi connectivity index (χ3v) is 8.28. The highest BCUT2D eigenvalue weighted by Crippen LogP contribution is 2.31. The van der Waals surface area contributed by atoms with Crippen molar-refractivity contribution in [1.29, 1.82) is 0 Å². The summed E-state index contributed by atoms with van der Waals surface area (Å²) in [6, 6.07) is 14.7. The molecule has 2 heterocycles. The number of benzene rings is 2. The lowest BCUT2D eigenvalue weighted by molar-refractivity contribution is -0.120. The maximum absolute atomic E-state index is 13.6. The lowest BCUT2D eigenvalue weighted by Crippen LogP contribution is -2.41. The Morgan fingerprint density at radius 2 is 1.87 bits per heavy atom. The van der Waals surface area contributed by atoms with Crippen molar-refractivity contribution >= 4 is 57.2 Å². The SMILES string of the molecule is Cc1ccc(S(=O)(=O)N(CC(=O)NCc2ccc(N3CC(O)CC3=O)cn2)c2cccc(Cl)c2C)cc1.Cl. The summed E-state index contributed by atoms with van der Waals surface area (Å²) < 4.78 is 28.2. The van der Waals surface area contributed by atoms with Gasteiger partial charge in [0.2, 0.25) is 11.8 Å². The third-order valence-electron chi connectivity index (χ3n) is 6.10. The Kier molecular flexibility index (Phi) is 9.37. The van der Waals surface area contributed by atoms with Crippen LogP contribution in [0.1, 0.15) is 23.2 Å². The molecule has 9 nitrogen and oxygen atoms in total. The highest BCUT2D eigenvalue weighted by molar-refractivity contribution is 7.92. The first-order valence-corrected chi connectivity index (χ1v) is 13.4. The number of halogens is 2. The van der Waals surface area contributed by atoms with Gasteiger partial charge in [-0.3, -0.25) is 18.9 Å². The van der Waals surface area contributed by atoms with Crippen LogP contribution in [-0.2, 0) is 26.2 Å². The molecule has 2 amide bonds. The van der Waals surface area contributed by atoms with Crippen LogP contribution in [0.15, 0.2) is 65.7 Å². The lowest BCUT2D eigenvalue weighted by atomic mass is 10.2. The van der Waals surface area contributed by atoms with Crippen molar-refractivity contribution in [3.63, 3.8) is 0 Å². The van der Waals surface area contributed by atoms with Crippen molar-refractivity contribution in [2.75, 3.05) is 22.3 Å². The van der Waals surface area contributed by atoms with Crippen molar-refractivity contribution in [2.24, 2.45) is 0 Å². The molecule has 1 unspecified atom stereocenters. The van der Waals surface area contributed by atoms with Gasteiger partial charge in [-0.1, -0.05) is 35.4 Å². The fourth-order valence-corrected chi connectivity index (χ4v) is 5.65. The Balaban J connectivity index is 0.00000400. The van der Waals surface area contributed by atoms with Crippen LogP contribution in [0, 0.1) is 13.8 Å². The standard InChI is InChI=1S/C26H27ClN4O5S.ClH/c1-17-6-10-22(11-7-17)37(35,36)31(24-5-3-4-23(27)18(24)2)16-25(33)29-13-19-8-9-20(14-28-19)30-15-21(32)12-26(30)34;/h3-11,14,21,32H,12-13,15-16H2,1-2H3,(H,29,33);1H. The zero-order valence-corrected chi connectivity index (χ0v) is 23.2. The topological polar surface area (TPSA) is 120 Å². The van der Waals surface area contributed by atoms with E-state index < -0.39 is 28.6 Å². The minimum atomic E-state index is -4.07. The van der Waals surface area contributed by atoms with E-state index in [-0.39, 0.29) is 42.7 Å². The summed E-state index contributed by atoms with van der Waals surface area (Å²) >= 11 is 6.26. The average molecular weight is 580 g/mol. The van der Waals surface area contributed by atoms with Gasteiger partial charge in [0, 0.05) is 5.02 Å². The van der Waals surface area contributed by atoms with Gasteiger partial charge in [0.1, 0.15) is 6.54 Å². The van der Waals surface area contributed by atoms with Gasteiger partial charge in [-0.05, 0) is 55.8 Å². The summed E-state index contributed by atoms with van der Waals surface area (Å²) in [7, 11) is -4.07. The molecule has 1 atom stereocenters. The minimum Gasteiger partial charge on any atom is -0.391 e. The number of aromatic nitrogens is 1. The number of aryl methyl sites for hydroxylation is 1. The Morgan fingerprint density at radius 3 is 2.47 bits per heavy atom. The van der Waals surface area contributed by atoms with Crippen LogP contribution in [0.3, 0.4) is 0 Å². The maximum Gasteiger partial charge on any atom is 0.264 e. The molecule has 0 radical (unpaired) electrons. The quantitative estimate of drug-likeness (QED) is 0.423. The van der Waals surface area contributed by atoms with Gasteiger partial charge in [-0.2, -0.15) is 0 Å². The molecule has 2 N–H and O–H groups in total. The Labute approximate surface area is 232 Å². The number of nitrogens with zero attached hydrogens (tertiary/aromatic N) is 3. The number of β-amino-alcohol motifs (C(OH)–C–C–N with tert-alkyl or cyclic N) is 1. The van der Waals surface area contributed by atoms with E-state index in [0.717, 1.165) is 9.87 Å². The molecule has 12 heteroatoms. The third kappa shape index (κ3) is 6.44. The second-order valence-electron chi connectivity index (χ2n) is 8.86. The summed E-state index contributed by atoms with van der Waals surface area (Å²) in [6.07, 6.45) is 0.876. The predicted molar refractivity (Wildman–Crippen MR) is 148 cm³/mol. The van der Waals surface area contributed by atoms with Gasteiger partial charge in [0.25, 0.3) is 10.0 Å². The lowest BCUT2D eigenvalue weighted by Gasteiger charge is -2.26. The number of pyridine rings is 1. The molecule has 1 aromatic heterocycles. The van der Waals surface area contributed by atoms with Crippen molar-refractivity contribution in [2.45, 2.75) is 37.8 Å². The van der Waals surface area contributed by atoms with E-state index in [1.54, 1.807) is 49.4 Å². The molecule has 4 rings (SSSR count). The molecule has 2 aromatic carbocycles. The molecule has 0 bridgehead atoms. The van der Waals surface area contributed by atoms with E-state index in [1.807, 2.05) is 6.92 Å². The van der Waals surface area contributed by atoms with Gasteiger partial charge in [0.15, 0.2) is 0 Å². The summed E-state index contributed by atoms with van der Waals surface area (Å²) in [4.78, 5) is 30.7. The van der Waals surface area contributed by atoms with Gasteiger partial charge >= 0.3 is 0 Å². The van der Waals surface area contributed by atoms with E-state index in [1.165, 1.54) is 23.2 Å². The number of amides is 2. The molecule has 202 valence electrons. The molecule has 0 saturated carbocycles. The number of aliphatic hydroxyl groups excluding tert-OH is 1. The first-order valence-electron chi connectivity index (χ1n) is 11.6. The summed E-state index contributed by atoms with van der Waals surface area (Å²) in [5.41, 5.74) is 2.83. The molecular weight excluding hydrogens is 551 g/mol. The molecular formula is C26H28Cl2N4O5S. The molecule has 3 aromatic rings. The molecule has 1 saturated heterocycles. The second kappa shape index (κ2) is 12.1. The summed E-state index contributed by atoms with van der Waals surface area (Å²) in [5.74, 6) is -0.708. The Morgan fingerprint density at radius 1 is 1.16 bits per heavy atom. The zero-order valence-electron chi connectivity index (χ0n) is 20.8. The number of rotatable bonds is 8. The first-order chi connectivity index (χ1) is 17.6. The molecule has 1 aliphatic rings. The van der Waals surface area contributed by atoms with Gasteiger partial charge < -0.3 is 15.3 Å². The Hall–Kier alpha value is -3.18.